The molecule has 1 aliphatic heterocycles. The highest BCUT2D eigenvalue weighted by atomic mass is 19.1. The molecule has 0 spiro atoms. The second-order valence-electron chi connectivity index (χ2n) is 4.32. The van der Waals surface area contributed by atoms with Crippen molar-refractivity contribution in [3.8, 4) is 5.75 Å². The summed E-state index contributed by atoms with van der Waals surface area (Å²) in [6.45, 7) is 1.30. The monoisotopic (exact) mass is 209 g/mol. The number of alkyl halides is 1. The molecular weight excluding hydrogens is 193 g/mol. The third kappa shape index (κ3) is 1.97. The lowest BCUT2D eigenvalue weighted by Gasteiger charge is -2.35. The van der Waals surface area contributed by atoms with Gasteiger partial charge in [0.1, 0.15) is 5.75 Å². The molecule has 2 nitrogen and oxygen atoms in total. The molecule has 82 valence electrons. The average molecular weight is 209 g/mol. The zero-order chi connectivity index (χ0) is 10.9. The number of phenolic OH excluding ortho intramolecular Hbond substituents is 1. The van der Waals surface area contributed by atoms with Gasteiger partial charge in [0.05, 0.1) is 0 Å². The SMILES string of the molecule is CN1CCCC(F)(c2ccccc2O)C1. The van der Waals surface area contributed by atoms with Crippen LogP contribution in [0.4, 0.5) is 4.39 Å². The van der Waals surface area contributed by atoms with Crippen molar-refractivity contribution in [2.45, 2.75) is 18.5 Å². The number of phenols is 1. The third-order valence-electron chi connectivity index (χ3n) is 3.02. The minimum Gasteiger partial charge on any atom is -0.508 e. The van der Waals surface area contributed by atoms with Gasteiger partial charge in [-0.25, -0.2) is 4.39 Å². The van der Waals surface area contributed by atoms with Crippen molar-refractivity contribution in [2.75, 3.05) is 20.1 Å². The van der Waals surface area contributed by atoms with Crippen LogP contribution in [0.2, 0.25) is 0 Å². The zero-order valence-electron chi connectivity index (χ0n) is 8.91. The molecule has 15 heavy (non-hydrogen) atoms. The fourth-order valence-corrected chi connectivity index (χ4v) is 2.29. The number of hydrogen-bond donors (Lipinski definition) is 1. The van der Waals surface area contributed by atoms with E-state index in [-0.39, 0.29) is 5.75 Å². The Morgan fingerprint density at radius 3 is 2.80 bits per heavy atom. The summed E-state index contributed by atoms with van der Waals surface area (Å²) < 4.78 is 14.6. The van der Waals surface area contributed by atoms with Gasteiger partial charge in [-0.2, -0.15) is 0 Å². The molecule has 1 fully saturated rings. The van der Waals surface area contributed by atoms with E-state index in [0.717, 1.165) is 13.0 Å². The van der Waals surface area contributed by atoms with Crippen LogP contribution in [0.3, 0.4) is 0 Å². The molecule has 1 saturated heterocycles. The molecule has 0 bridgehead atoms. The van der Waals surface area contributed by atoms with Crippen LogP contribution in [-0.4, -0.2) is 30.1 Å². The van der Waals surface area contributed by atoms with Crippen LogP contribution in [-0.2, 0) is 5.67 Å². The first-order valence-corrected chi connectivity index (χ1v) is 5.28. The fraction of sp³-hybridized carbons (Fsp3) is 0.500. The highest BCUT2D eigenvalue weighted by Gasteiger charge is 2.37. The predicted molar refractivity (Wildman–Crippen MR) is 57.6 cm³/mol. The van der Waals surface area contributed by atoms with Crippen LogP contribution in [0.1, 0.15) is 18.4 Å². The molecule has 1 N–H and O–H groups in total. The quantitative estimate of drug-likeness (QED) is 0.767. The number of halogens is 1. The molecule has 1 aromatic rings. The molecule has 1 heterocycles. The van der Waals surface area contributed by atoms with Crippen molar-refractivity contribution < 1.29 is 9.50 Å². The van der Waals surface area contributed by atoms with Gasteiger partial charge in [0.25, 0.3) is 0 Å². The standard InChI is InChI=1S/C12H16FNO/c1-14-8-4-7-12(13,9-14)10-5-2-3-6-11(10)15/h2-3,5-6,15H,4,7-9H2,1H3. The number of hydrogen-bond acceptors (Lipinski definition) is 2. The lowest BCUT2D eigenvalue weighted by molar-refractivity contribution is 0.0542. The Labute approximate surface area is 89.3 Å². The Morgan fingerprint density at radius 2 is 2.13 bits per heavy atom. The summed E-state index contributed by atoms with van der Waals surface area (Å²) in [5, 5.41) is 9.66. The summed E-state index contributed by atoms with van der Waals surface area (Å²) in [7, 11) is 1.91. The Balaban J connectivity index is 2.32. The van der Waals surface area contributed by atoms with Crippen LogP contribution in [0, 0.1) is 0 Å². The molecular formula is C12H16FNO. The van der Waals surface area contributed by atoms with E-state index in [1.54, 1.807) is 24.3 Å². The maximum atomic E-state index is 14.6. The van der Waals surface area contributed by atoms with Gasteiger partial charge in [-0.15, -0.1) is 0 Å². The first-order valence-electron chi connectivity index (χ1n) is 5.28. The van der Waals surface area contributed by atoms with E-state index in [1.807, 2.05) is 11.9 Å². The number of nitrogens with zero attached hydrogens (tertiary/aromatic N) is 1. The average Bonchev–Trinajstić information content (AvgIpc) is 2.17. The summed E-state index contributed by atoms with van der Waals surface area (Å²) in [5.41, 5.74) is -0.963. The minimum absolute atomic E-state index is 0.0651. The Kier molecular flexibility index (Phi) is 2.65. The number of rotatable bonds is 1. The van der Waals surface area contributed by atoms with Gasteiger partial charge in [0, 0.05) is 12.1 Å². The van der Waals surface area contributed by atoms with E-state index in [9.17, 15) is 9.50 Å². The summed E-state index contributed by atoms with van der Waals surface area (Å²) in [6.07, 6.45) is 1.33. The molecule has 1 aliphatic rings. The summed E-state index contributed by atoms with van der Waals surface area (Å²) in [6, 6.07) is 6.71. The lowest BCUT2D eigenvalue weighted by Crippen LogP contribution is -2.41. The van der Waals surface area contributed by atoms with Crippen molar-refractivity contribution >= 4 is 0 Å². The highest BCUT2D eigenvalue weighted by Crippen LogP contribution is 2.39. The topological polar surface area (TPSA) is 23.5 Å². The minimum atomic E-state index is -1.39. The third-order valence-corrected chi connectivity index (χ3v) is 3.02. The van der Waals surface area contributed by atoms with Crippen molar-refractivity contribution in [1.82, 2.24) is 4.90 Å². The van der Waals surface area contributed by atoms with Gasteiger partial charge in [-0.05, 0) is 32.5 Å². The first-order chi connectivity index (χ1) is 7.12. The molecule has 1 aromatic carbocycles. The van der Waals surface area contributed by atoms with E-state index < -0.39 is 5.67 Å². The number of para-hydroxylation sites is 1. The smallest absolute Gasteiger partial charge is 0.152 e. The second-order valence-corrected chi connectivity index (χ2v) is 4.32. The summed E-state index contributed by atoms with van der Waals surface area (Å²) >= 11 is 0. The Bertz CT molecular complexity index is 355. The number of aromatic hydroxyl groups is 1. The molecule has 2 rings (SSSR count). The van der Waals surface area contributed by atoms with E-state index >= 15 is 0 Å². The van der Waals surface area contributed by atoms with Gasteiger partial charge < -0.3 is 10.0 Å². The van der Waals surface area contributed by atoms with E-state index in [1.165, 1.54) is 0 Å². The number of benzene rings is 1. The second kappa shape index (κ2) is 3.81. The van der Waals surface area contributed by atoms with Gasteiger partial charge in [-0.1, -0.05) is 18.2 Å². The van der Waals surface area contributed by atoms with Crippen LogP contribution in [0.15, 0.2) is 24.3 Å². The first kappa shape index (κ1) is 10.4. The summed E-state index contributed by atoms with van der Waals surface area (Å²) in [4.78, 5) is 1.97. The summed E-state index contributed by atoms with van der Waals surface area (Å²) in [5.74, 6) is 0.0651. The maximum absolute atomic E-state index is 14.6. The zero-order valence-corrected chi connectivity index (χ0v) is 8.91. The Morgan fingerprint density at radius 1 is 1.40 bits per heavy atom. The molecule has 1 atom stereocenters. The normalized spacial score (nSPS) is 27.9. The number of piperidine rings is 1. The number of likely N-dealkylation sites (tertiary alicyclic amines) is 1. The van der Waals surface area contributed by atoms with Gasteiger partial charge >= 0.3 is 0 Å². The molecule has 0 amide bonds. The lowest BCUT2D eigenvalue weighted by atomic mass is 9.87. The van der Waals surface area contributed by atoms with Crippen LogP contribution >= 0.6 is 0 Å². The van der Waals surface area contributed by atoms with E-state index in [0.29, 0.717) is 18.5 Å². The highest BCUT2D eigenvalue weighted by molar-refractivity contribution is 5.37. The van der Waals surface area contributed by atoms with Gasteiger partial charge in [-0.3, -0.25) is 0 Å². The number of likely N-dealkylation sites (N-methyl/N-ethyl adjacent to an activating group) is 1. The molecule has 0 aromatic heterocycles. The largest absolute Gasteiger partial charge is 0.508 e. The molecule has 0 saturated carbocycles. The van der Waals surface area contributed by atoms with Crippen molar-refractivity contribution in [3.63, 3.8) is 0 Å². The van der Waals surface area contributed by atoms with Crippen LogP contribution in [0.5, 0.6) is 5.75 Å². The van der Waals surface area contributed by atoms with Gasteiger partial charge in [0.15, 0.2) is 5.67 Å². The molecule has 3 heteroatoms. The van der Waals surface area contributed by atoms with Crippen LogP contribution < -0.4 is 0 Å². The predicted octanol–water partition coefficient (Wildman–Crippen LogP) is 2.28. The van der Waals surface area contributed by atoms with E-state index in [4.69, 9.17) is 0 Å². The van der Waals surface area contributed by atoms with Crippen molar-refractivity contribution in [2.24, 2.45) is 0 Å². The van der Waals surface area contributed by atoms with Gasteiger partial charge in [0.2, 0.25) is 0 Å². The van der Waals surface area contributed by atoms with E-state index in [2.05, 4.69) is 0 Å². The Hall–Kier alpha value is -1.09. The van der Waals surface area contributed by atoms with Crippen molar-refractivity contribution in [3.05, 3.63) is 29.8 Å². The van der Waals surface area contributed by atoms with Crippen molar-refractivity contribution in [1.29, 1.82) is 0 Å². The molecule has 0 radical (unpaired) electrons. The molecule has 1 unspecified atom stereocenters. The van der Waals surface area contributed by atoms with Crippen LogP contribution in [0.25, 0.3) is 0 Å². The maximum Gasteiger partial charge on any atom is 0.152 e. The fourth-order valence-electron chi connectivity index (χ4n) is 2.29. The molecule has 0 aliphatic carbocycles.